The number of piperidine rings is 1. The van der Waals surface area contributed by atoms with Gasteiger partial charge in [-0.3, -0.25) is 9.59 Å². The van der Waals surface area contributed by atoms with Gasteiger partial charge in [0.15, 0.2) is 0 Å². The van der Waals surface area contributed by atoms with E-state index in [1.807, 2.05) is 53.2 Å². The Kier molecular flexibility index (Phi) is 5.43. The molecule has 24 heavy (non-hydrogen) atoms. The number of rotatable bonds is 4. The molecular weight excluding hydrogens is 320 g/mol. The second-order valence-corrected chi connectivity index (χ2v) is 6.65. The summed E-state index contributed by atoms with van der Waals surface area (Å²) in [7, 11) is 0. The van der Waals surface area contributed by atoms with Crippen molar-refractivity contribution in [2.24, 2.45) is 5.92 Å². The Bertz CT molecular complexity index is 710. The van der Waals surface area contributed by atoms with E-state index in [1.54, 1.807) is 22.3 Å². The van der Waals surface area contributed by atoms with Crippen LogP contribution in [-0.2, 0) is 9.59 Å². The molecule has 0 spiro atoms. The highest BCUT2D eigenvalue weighted by Gasteiger charge is 2.27. The van der Waals surface area contributed by atoms with Crippen molar-refractivity contribution in [2.75, 3.05) is 18.4 Å². The van der Waals surface area contributed by atoms with Crippen molar-refractivity contribution >= 4 is 34.9 Å². The van der Waals surface area contributed by atoms with Crippen LogP contribution in [0, 0.1) is 5.92 Å². The van der Waals surface area contributed by atoms with Crippen LogP contribution in [0.5, 0.6) is 0 Å². The molecule has 3 rings (SSSR count). The SMILES string of the molecule is O=C(Nc1ccccc1)C1CCCN(C(=O)/C=C/c2ccsc2)C1. The molecule has 2 aromatic rings. The molecule has 4 nitrogen and oxygen atoms in total. The van der Waals surface area contributed by atoms with Gasteiger partial charge in [0, 0.05) is 24.9 Å². The number of carbonyl (C=O) groups is 2. The first-order valence-corrected chi connectivity index (χ1v) is 9.02. The summed E-state index contributed by atoms with van der Waals surface area (Å²) >= 11 is 1.60. The second kappa shape index (κ2) is 7.93. The van der Waals surface area contributed by atoms with Gasteiger partial charge < -0.3 is 10.2 Å². The fourth-order valence-corrected chi connectivity index (χ4v) is 3.43. The van der Waals surface area contributed by atoms with Crippen LogP contribution in [0.2, 0.25) is 0 Å². The van der Waals surface area contributed by atoms with Crippen LogP contribution < -0.4 is 5.32 Å². The minimum Gasteiger partial charge on any atom is -0.338 e. The van der Waals surface area contributed by atoms with E-state index in [0.717, 1.165) is 24.1 Å². The molecule has 0 radical (unpaired) electrons. The molecule has 1 aromatic carbocycles. The number of nitrogens with one attached hydrogen (secondary N) is 1. The molecule has 1 atom stereocenters. The molecule has 1 aromatic heterocycles. The van der Waals surface area contributed by atoms with Gasteiger partial charge in [-0.2, -0.15) is 11.3 Å². The number of carbonyl (C=O) groups excluding carboxylic acids is 2. The zero-order valence-corrected chi connectivity index (χ0v) is 14.2. The summed E-state index contributed by atoms with van der Waals surface area (Å²) in [6.07, 6.45) is 5.09. The molecule has 1 saturated heterocycles. The smallest absolute Gasteiger partial charge is 0.246 e. The zero-order valence-electron chi connectivity index (χ0n) is 13.4. The summed E-state index contributed by atoms with van der Waals surface area (Å²) in [5.74, 6) is -0.198. The van der Waals surface area contributed by atoms with Crippen molar-refractivity contribution in [3.8, 4) is 0 Å². The zero-order chi connectivity index (χ0) is 16.8. The van der Waals surface area contributed by atoms with E-state index in [2.05, 4.69) is 5.32 Å². The van der Waals surface area contributed by atoms with Gasteiger partial charge in [-0.05, 0) is 53.4 Å². The summed E-state index contributed by atoms with van der Waals surface area (Å²) in [4.78, 5) is 26.5. The Morgan fingerprint density at radius 3 is 2.79 bits per heavy atom. The monoisotopic (exact) mass is 340 g/mol. The van der Waals surface area contributed by atoms with Crippen molar-refractivity contribution in [1.82, 2.24) is 4.90 Å². The molecule has 124 valence electrons. The van der Waals surface area contributed by atoms with Crippen molar-refractivity contribution in [1.29, 1.82) is 0 Å². The molecule has 0 aliphatic carbocycles. The van der Waals surface area contributed by atoms with Gasteiger partial charge >= 0.3 is 0 Å². The third-order valence-electron chi connectivity index (χ3n) is 4.11. The number of amides is 2. The maximum atomic E-state index is 12.4. The van der Waals surface area contributed by atoms with Crippen LogP contribution in [-0.4, -0.2) is 29.8 Å². The van der Waals surface area contributed by atoms with E-state index in [0.29, 0.717) is 13.1 Å². The van der Waals surface area contributed by atoms with E-state index < -0.39 is 0 Å². The second-order valence-electron chi connectivity index (χ2n) is 5.87. The third-order valence-corrected chi connectivity index (χ3v) is 4.81. The molecule has 2 heterocycles. The lowest BCUT2D eigenvalue weighted by Gasteiger charge is -2.31. The van der Waals surface area contributed by atoms with Gasteiger partial charge in [-0.1, -0.05) is 18.2 Å². The number of thiophene rings is 1. The highest BCUT2D eigenvalue weighted by atomic mass is 32.1. The van der Waals surface area contributed by atoms with Gasteiger partial charge in [0.2, 0.25) is 11.8 Å². The first-order chi connectivity index (χ1) is 11.7. The van der Waals surface area contributed by atoms with Crippen molar-refractivity contribution in [2.45, 2.75) is 12.8 Å². The third kappa shape index (κ3) is 4.32. The Labute approximate surface area is 145 Å². The number of hydrogen-bond donors (Lipinski definition) is 1. The van der Waals surface area contributed by atoms with E-state index in [9.17, 15) is 9.59 Å². The predicted octanol–water partition coefficient (Wildman–Crippen LogP) is 3.64. The number of benzene rings is 1. The molecule has 1 N–H and O–H groups in total. The fourth-order valence-electron chi connectivity index (χ4n) is 2.80. The molecule has 1 fully saturated rings. The van der Waals surface area contributed by atoms with E-state index in [-0.39, 0.29) is 17.7 Å². The summed E-state index contributed by atoms with van der Waals surface area (Å²) in [5, 5.41) is 6.91. The van der Waals surface area contributed by atoms with Crippen LogP contribution in [0.25, 0.3) is 6.08 Å². The quantitative estimate of drug-likeness (QED) is 0.864. The van der Waals surface area contributed by atoms with Gasteiger partial charge in [0.1, 0.15) is 0 Å². The predicted molar refractivity (Wildman–Crippen MR) is 97.7 cm³/mol. The van der Waals surface area contributed by atoms with Gasteiger partial charge in [-0.25, -0.2) is 0 Å². The molecule has 1 aliphatic heterocycles. The number of nitrogens with zero attached hydrogens (tertiary/aromatic N) is 1. The Hall–Kier alpha value is -2.40. The van der Waals surface area contributed by atoms with Crippen LogP contribution in [0.4, 0.5) is 5.69 Å². The van der Waals surface area contributed by atoms with Crippen LogP contribution >= 0.6 is 11.3 Å². The minimum absolute atomic E-state index is 0.0134. The molecule has 0 saturated carbocycles. The number of likely N-dealkylation sites (tertiary alicyclic amines) is 1. The summed E-state index contributed by atoms with van der Waals surface area (Å²) in [5.41, 5.74) is 1.83. The molecule has 2 amide bonds. The van der Waals surface area contributed by atoms with Gasteiger partial charge in [0.05, 0.1) is 5.92 Å². The average Bonchev–Trinajstić information content (AvgIpc) is 3.14. The van der Waals surface area contributed by atoms with Crippen molar-refractivity contribution in [3.05, 3.63) is 58.8 Å². The lowest BCUT2D eigenvalue weighted by atomic mass is 9.97. The van der Waals surface area contributed by atoms with Crippen LogP contribution in [0.1, 0.15) is 18.4 Å². The molecule has 0 bridgehead atoms. The summed E-state index contributed by atoms with van der Waals surface area (Å²) in [6.45, 7) is 1.19. The van der Waals surface area contributed by atoms with Gasteiger partial charge in [0.25, 0.3) is 0 Å². The van der Waals surface area contributed by atoms with Crippen LogP contribution in [0.15, 0.2) is 53.2 Å². The molecule has 1 unspecified atom stereocenters. The van der Waals surface area contributed by atoms with Gasteiger partial charge in [-0.15, -0.1) is 0 Å². The van der Waals surface area contributed by atoms with E-state index in [1.165, 1.54) is 0 Å². The number of hydrogen-bond acceptors (Lipinski definition) is 3. The molecule has 5 heteroatoms. The highest BCUT2D eigenvalue weighted by molar-refractivity contribution is 7.08. The standard InChI is InChI=1S/C19H20N2O2S/c22-18(9-8-15-10-12-24-14-15)21-11-4-5-16(13-21)19(23)20-17-6-2-1-3-7-17/h1-3,6-10,12,14,16H,4-5,11,13H2,(H,20,23)/b9-8+. The highest BCUT2D eigenvalue weighted by Crippen LogP contribution is 2.19. The maximum Gasteiger partial charge on any atom is 0.246 e. The maximum absolute atomic E-state index is 12.4. The molecule has 1 aliphatic rings. The van der Waals surface area contributed by atoms with Crippen LogP contribution in [0.3, 0.4) is 0 Å². The lowest BCUT2D eigenvalue weighted by molar-refractivity contribution is -0.130. The minimum atomic E-state index is -0.155. The average molecular weight is 340 g/mol. The largest absolute Gasteiger partial charge is 0.338 e. The summed E-state index contributed by atoms with van der Waals surface area (Å²) < 4.78 is 0. The number of anilines is 1. The van der Waals surface area contributed by atoms with E-state index >= 15 is 0 Å². The number of para-hydroxylation sites is 1. The first kappa shape index (κ1) is 16.5. The van der Waals surface area contributed by atoms with E-state index in [4.69, 9.17) is 0 Å². The van der Waals surface area contributed by atoms with Crippen molar-refractivity contribution < 1.29 is 9.59 Å². The fraction of sp³-hybridized carbons (Fsp3) is 0.263. The Morgan fingerprint density at radius 1 is 1.21 bits per heavy atom. The Morgan fingerprint density at radius 2 is 2.04 bits per heavy atom. The lowest BCUT2D eigenvalue weighted by Crippen LogP contribution is -2.43. The topological polar surface area (TPSA) is 49.4 Å². The van der Waals surface area contributed by atoms with Crippen molar-refractivity contribution in [3.63, 3.8) is 0 Å². The normalized spacial score (nSPS) is 17.8. The summed E-state index contributed by atoms with van der Waals surface area (Å²) in [6, 6.07) is 11.4. The Balaban J connectivity index is 1.57. The molecular formula is C19H20N2O2S. The first-order valence-electron chi connectivity index (χ1n) is 8.07.